The molecule has 21 heavy (non-hydrogen) atoms. The summed E-state index contributed by atoms with van der Waals surface area (Å²) in [5.41, 5.74) is 3.23. The molecule has 0 saturated heterocycles. The zero-order chi connectivity index (χ0) is 14.1. The zero-order valence-electron chi connectivity index (χ0n) is 10.9. The summed E-state index contributed by atoms with van der Waals surface area (Å²) < 4.78 is 2.09. The normalized spacial score (nSPS) is 10.3. The van der Waals surface area contributed by atoms with Crippen LogP contribution in [-0.4, -0.2) is 77.0 Å². The van der Waals surface area contributed by atoms with Gasteiger partial charge in [-0.05, 0) is 30.7 Å². The quantitative estimate of drug-likeness (QED) is 0.750. The fourth-order valence-electron chi connectivity index (χ4n) is 2.24. The van der Waals surface area contributed by atoms with Gasteiger partial charge in [0.1, 0.15) is 11.3 Å². The van der Waals surface area contributed by atoms with Crippen LogP contribution in [0.2, 0.25) is 0 Å². The van der Waals surface area contributed by atoms with Gasteiger partial charge >= 0.3 is 57.4 Å². The molecular weight excluding hydrogens is 293 g/mol. The van der Waals surface area contributed by atoms with Gasteiger partial charge in [0, 0.05) is 12.7 Å². The molecule has 0 unspecified atom stereocenters. The van der Waals surface area contributed by atoms with Gasteiger partial charge in [0.25, 0.3) is 0 Å². The molecule has 1 aromatic carbocycles. The van der Waals surface area contributed by atoms with E-state index in [2.05, 4.69) is 14.5 Å². The van der Waals surface area contributed by atoms with Crippen molar-refractivity contribution < 1.29 is 9.90 Å². The average Bonchev–Trinajstić information content (AvgIpc) is 2.76. The van der Waals surface area contributed by atoms with Gasteiger partial charge < -0.3 is 9.67 Å². The number of rotatable bonds is 3. The molecule has 102 valence electrons. The van der Waals surface area contributed by atoms with Gasteiger partial charge in [0.05, 0.1) is 17.3 Å². The van der Waals surface area contributed by atoms with Gasteiger partial charge in [-0.25, -0.2) is 9.78 Å². The topological polar surface area (TPSA) is 68.0 Å². The number of hydrogen-bond donors (Lipinski definition) is 1. The third kappa shape index (κ3) is 3.41. The predicted octanol–water partition coefficient (Wildman–Crippen LogP) is 1.84. The monoisotopic (exact) mass is 307 g/mol. The van der Waals surface area contributed by atoms with E-state index in [0.717, 1.165) is 22.4 Å². The van der Waals surface area contributed by atoms with Crippen molar-refractivity contribution in [1.29, 1.82) is 0 Å². The first-order chi connectivity index (χ1) is 9.65. The summed E-state index contributed by atoms with van der Waals surface area (Å²) in [4.78, 5) is 19.4. The maximum absolute atomic E-state index is 10.8. The Labute approximate surface area is 164 Å². The number of aromatic carboxylic acids is 1. The number of nitrogens with zero attached hydrogens (tertiary/aromatic N) is 3. The number of hydrogen-bond acceptors (Lipinski definition) is 3. The zero-order valence-corrected chi connectivity index (χ0v) is 10.9. The van der Waals surface area contributed by atoms with Crippen molar-refractivity contribution in [3.8, 4) is 0 Å². The second-order valence-corrected chi connectivity index (χ2v) is 4.61. The molecule has 2 heterocycles. The third-order valence-corrected chi connectivity index (χ3v) is 3.28. The molecule has 2 aromatic heterocycles. The number of fused-ring (bicyclic) bond motifs is 1. The van der Waals surface area contributed by atoms with Crippen LogP contribution in [0.15, 0.2) is 42.7 Å². The molecule has 1 N–H and O–H groups in total. The number of aromatic nitrogens is 3. The number of carboxylic acids is 1. The second kappa shape index (κ2) is 6.80. The van der Waals surface area contributed by atoms with Crippen molar-refractivity contribution in [2.75, 3.05) is 0 Å². The molecule has 5 nitrogen and oxygen atoms in total. The summed E-state index contributed by atoms with van der Waals surface area (Å²) in [6, 6.07) is 8.83. The van der Waals surface area contributed by atoms with Crippen molar-refractivity contribution in [3.05, 3.63) is 59.7 Å². The molecule has 0 radical (unpaired) electrons. The van der Waals surface area contributed by atoms with E-state index in [-0.39, 0.29) is 51.4 Å². The summed E-state index contributed by atoms with van der Waals surface area (Å²) in [5, 5.41) is 8.90. The average molecular weight is 307 g/mol. The molecule has 0 aliphatic carbocycles. The Hall–Kier alpha value is -1.05. The molecule has 6 heteroatoms. The molecule has 0 spiro atoms. The first-order valence-electron chi connectivity index (χ1n) is 6.24. The van der Waals surface area contributed by atoms with Crippen molar-refractivity contribution in [2.24, 2.45) is 0 Å². The molecule has 0 bridgehead atoms. The summed E-state index contributed by atoms with van der Waals surface area (Å²) in [6.07, 6.45) is 3.49. The Morgan fingerprint density at radius 3 is 2.62 bits per heavy atom. The van der Waals surface area contributed by atoms with Crippen LogP contribution < -0.4 is 0 Å². The number of benzene rings is 1. The first kappa shape index (κ1) is 16.3. The molecule has 0 saturated carbocycles. The minimum absolute atomic E-state index is 0. The Bertz CT molecular complexity index is 781. The standard InChI is InChI=1S/C15H13N3O2.K.H/c1-10-17-13-8-16-7-6-14(13)18(10)9-11-2-4-12(5-3-11)15(19)20;;/h2-8H,9H2,1H3,(H,19,20);;. The van der Waals surface area contributed by atoms with Gasteiger partial charge in [-0.3, -0.25) is 4.98 Å². The molecule has 3 rings (SSSR count). The van der Waals surface area contributed by atoms with Gasteiger partial charge in [-0.2, -0.15) is 0 Å². The molecule has 0 amide bonds. The fourth-order valence-corrected chi connectivity index (χ4v) is 2.24. The fraction of sp³-hybridized carbons (Fsp3) is 0.133. The summed E-state index contributed by atoms with van der Waals surface area (Å²) in [7, 11) is 0. The van der Waals surface area contributed by atoms with Crippen LogP contribution in [0.1, 0.15) is 21.7 Å². The SMILES string of the molecule is Cc1nc2cnccc2n1Cc1ccc(C(=O)O)cc1.[KH]. The van der Waals surface area contributed by atoms with E-state index in [1.807, 2.05) is 25.1 Å². The summed E-state index contributed by atoms with van der Waals surface area (Å²) >= 11 is 0. The first-order valence-corrected chi connectivity index (χ1v) is 6.24. The Morgan fingerprint density at radius 1 is 1.24 bits per heavy atom. The Balaban J connectivity index is 0.00000161. The van der Waals surface area contributed by atoms with E-state index < -0.39 is 5.97 Å². The number of aryl methyl sites for hydroxylation is 1. The Morgan fingerprint density at radius 2 is 1.95 bits per heavy atom. The number of pyridine rings is 1. The van der Waals surface area contributed by atoms with Crippen molar-refractivity contribution >= 4 is 68.4 Å². The molecular formula is C15H14KN3O2. The molecule has 0 aliphatic heterocycles. The third-order valence-electron chi connectivity index (χ3n) is 3.28. The predicted molar refractivity (Wildman–Crippen MR) is 81.9 cm³/mol. The molecule has 3 aromatic rings. The molecule has 0 aliphatic rings. The van der Waals surface area contributed by atoms with Gasteiger partial charge in [-0.15, -0.1) is 0 Å². The summed E-state index contributed by atoms with van der Waals surface area (Å²) in [6.45, 7) is 2.61. The van der Waals surface area contributed by atoms with Crippen LogP contribution in [-0.2, 0) is 6.54 Å². The van der Waals surface area contributed by atoms with Crippen LogP contribution in [0.25, 0.3) is 11.0 Å². The molecule has 0 fully saturated rings. The number of carboxylic acid groups (broad SMARTS) is 1. The van der Waals surface area contributed by atoms with Gasteiger partial charge in [0.15, 0.2) is 0 Å². The van der Waals surface area contributed by atoms with E-state index in [0.29, 0.717) is 12.1 Å². The van der Waals surface area contributed by atoms with E-state index in [1.54, 1.807) is 24.5 Å². The van der Waals surface area contributed by atoms with Crippen LogP contribution in [0.3, 0.4) is 0 Å². The van der Waals surface area contributed by atoms with Gasteiger partial charge in [-0.1, -0.05) is 12.1 Å². The molecule has 0 atom stereocenters. The van der Waals surface area contributed by atoms with Crippen LogP contribution >= 0.6 is 0 Å². The van der Waals surface area contributed by atoms with Gasteiger partial charge in [0.2, 0.25) is 0 Å². The van der Waals surface area contributed by atoms with Crippen molar-refractivity contribution in [1.82, 2.24) is 14.5 Å². The van der Waals surface area contributed by atoms with Crippen LogP contribution in [0.5, 0.6) is 0 Å². The van der Waals surface area contributed by atoms with Crippen molar-refractivity contribution in [2.45, 2.75) is 13.5 Å². The second-order valence-electron chi connectivity index (χ2n) is 4.61. The van der Waals surface area contributed by atoms with Crippen LogP contribution in [0.4, 0.5) is 0 Å². The number of imidazole rings is 1. The van der Waals surface area contributed by atoms with Crippen LogP contribution in [0, 0.1) is 6.92 Å². The maximum atomic E-state index is 10.8. The van der Waals surface area contributed by atoms with E-state index in [4.69, 9.17) is 5.11 Å². The van der Waals surface area contributed by atoms with E-state index >= 15 is 0 Å². The van der Waals surface area contributed by atoms with E-state index in [1.165, 1.54) is 0 Å². The van der Waals surface area contributed by atoms with E-state index in [9.17, 15) is 4.79 Å². The number of carbonyl (C=O) groups is 1. The van der Waals surface area contributed by atoms with Crippen molar-refractivity contribution in [3.63, 3.8) is 0 Å². The Kier molecular flexibility index (Phi) is 5.29. The summed E-state index contributed by atoms with van der Waals surface area (Å²) in [5.74, 6) is 0.00203. The minimum atomic E-state index is -0.910.